The summed E-state index contributed by atoms with van der Waals surface area (Å²) in [7, 11) is 0. The molecule has 3 aromatic carbocycles. The van der Waals surface area contributed by atoms with Gasteiger partial charge in [0, 0.05) is 58.9 Å². The highest BCUT2D eigenvalue weighted by atomic mass is 35.5. The van der Waals surface area contributed by atoms with E-state index in [1.807, 2.05) is 70.2 Å². The Bertz CT molecular complexity index is 2210. The van der Waals surface area contributed by atoms with Gasteiger partial charge in [-0.25, -0.2) is 4.99 Å². The van der Waals surface area contributed by atoms with Crippen molar-refractivity contribution in [2.75, 3.05) is 13.1 Å². The molecule has 0 aliphatic carbocycles. The van der Waals surface area contributed by atoms with Gasteiger partial charge in [0.1, 0.15) is 0 Å². The van der Waals surface area contributed by atoms with E-state index in [2.05, 4.69) is 4.57 Å². The Morgan fingerprint density at radius 2 is 1.72 bits per heavy atom. The van der Waals surface area contributed by atoms with Crippen molar-refractivity contribution < 1.29 is 9.72 Å². The predicted octanol–water partition coefficient (Wildman–Crippen LogP) is 5.98. The standard InChI is InChI=1S/C35H32ClN5O4S/c1-5-38(6-2)34(43)31-21(3)37-35-40(32(31)24-13-15-25(36)16-14-24)33(42)30(46-35)19-28-22(4)39(29-10-8-7-9-27(28)29)20-23-11-17-26(18-12-23)41(44)45/h7-19,32H,5-6,20H2,1-4H3/b30-19+/t32-/m1/s1. The first kappa shape index (κ1) is 31.2. The number of hydrogen-bond acceptors (Lipinski definition) is 6. The number of para-hydroxylation sites is 1. The highest BCUT2D eigenvalue weighted by Crippen LogP contribution is 2.32. The first-order chi connectivity index (χ1) is 22.1. The number of nitro groups is 1. The smallest absolute Gasteiger partial charge is 0.271 e. The lowest BCUT2D eigenvalue weighted by Gasteiger charge is -2.29. The topological polar surface area (TPSA) is 103 Å². The Hall–Kier alpha value is -4.80. The number of carbonyl (C=O) groups excluding carboxylic acids is 1. The van der Waals surface area contributed by atoms with Crippen molar-refractivity contribution in [3.05, 3.63) is 141 Å². The van der Waals surface area contributed by atoms with E-state index < -0.39 is 11.0 Å². The fourth-order valence-corrected chi connectivity index (χ4v) is 7.27. The van der Waals surface area contributed by atoms with Crippen LogP contribution in [0, 0.1) is 17.0 Å². The maximum Gasteiger partial charge on any atom is 0.271 e. The minimum absolute atomic E-state index is 0.0444. The Labute approximate surface area is 274 Å². The van der Waals surface area contributed by atoms with Crippen LogP contribution in [-0.4, -0.2) is 38.0 Å². The molecule has 2 aromatic heterocycles. The minimum Gasteiger partial charge on any atom is -0.340 e. The molecule has 1 aliphatic rings. The van der Waals surface area contributed by atoms with E-state index in [-0.39, 0.29) is 17.2 Å². The van der Waals surface area contributed by atoms with Gasteiger partial charge in [-0.2, -0.15) is 0 Å². The fraction of sp³-hybridized carbons (Fsp3) is 0.229. The molecule has 0 radical (unpaired) electrons. The Morgan fingerprint density at radius 3 is 2.37 bits per heavy atom. The second kappa shape index (κ2) is 12.5. The minimum atomic E-state index is -0.659. The molecule has 0 saturated carbocycles. The SMILES string of the molecule is CCN(CC)C(=O)C1=C(C)N=c2s/c(=C/c3c(C)n(Cc4ccc([N+](=O)[O-])cc4)c4ccccc34)c(=O)n2[C@@H]1c1ccc(Cl)cc1. The molecule has 0 saturated heterocycles. The van der Waals surface area contributed by atoms with Gasteiger partial charge in [-0.1, -0.05) is 65.4 Å². The van der Waals surface area contributed by atoms with Crippen LogP contribution in [0.3, 0.4) is 0 Å². The number of aromatic nitrogens is 2. The fourth-order valence-electron chi connectivity index (χ4n) is 6.12. The van der Waals surface area contributed by atoms with Crippen LogP contribution in [0.5, 0.6) is 0 Å². The third-order valence-electron chi connectivity index (χ3n) is 8.53. The lowest BCUT2D eigenvalue weighted by atomic mass is 9.94. The highest BCUT2D eigenvalue weighted by molar-refractivity contribution is 7.07. The highest BCUT2D eigenvalue weighted by Gasteiger charge is 2.34. The van der Waals surface area contributed by atoms with Gasteiger partial charge >= 0.3 is 0 Å². The van der Waals surface area contributed by atoms with E-state index in [0.29, 0.717) is 45.3 Å². The van der Waals surface area contributed by atoms with Gasteiger partial charge in [-0.05, 0) is 63.1 Å². The van der Waals surface area contributed by atoms with Gasteiger partial charge in [0.15, 0.2) is 4.80 Å². The van der Waals surface area contributed by atoms with E-state index in [4.69, 9.17) is 16.6 Å². The van der Waals surface area contributed by atoms with Crippen molar-refractivity contribution in [3.8, 4) is 0 Å². The number of allylic oxidation sites excluding steroid dienone is 1. The molecule has 0 fully saturated rings. The molecule has 1 amide bonds. The number of benzene rings is 3. The number of likely N-dealkylation sites (N-methyl/N-ethyl adjacent to an activating group) is 1. The Morgan fingerprint density at radius 1 is 1.04 bits per heavy atom. The van der Waals surface area contributed by atoms with Gasteiger partial charge in [0.25, 0.3) is 17.2 Å². The second-order valence-corrected chi connectivity index (χ2v) is 12.6. The van der Waals surface area contributed by atoms with E-state index in [1.54, 1.807) is 33.7 Å². The van der Waals surface area contributed by atoms with Gasteiger partial charge < -0.3 is 9.47 Å². The molecule has 234 valence electrons. The third-order valence-corrected chi connectivity index (χ3v) is 9.77. The number of fused-ring (bicyclic) bond motifs is 2. The normalized spacial score (nSPS) is 14.8. The van der Waals surface area contributed by atoms with E-state index >= 15 is 0 Å². The van der Waals surface area contributed by atoms with Gasteiger partial charge in [-0.3, -0.25) is 24.3 Å². The van der Waals surface area contributed by atoms with Gasteiger partial charge in [0.2, 0.25) is 0 Å². The monoisotopic (exact) mass is 653 g/mol. The number of thiazole rings is 1. The summed E-state index contributed by atoms with van der Waals surface area (Å²) in [5.74, 6) is -0.148. The van der Waals surface area contributed by atoms with E-state index in [0.717, 1.165) is 33.3 Å². The molecular formula is C35H32ClN5O4S. The van der Waals surface area contributed by atoms with Crippen molar-refractivity contribution in [1.29, 1.82) is 0 Å². The molecule has 6 rings (SSSR count). The van der Waals surface area contributed by atoms with Crippen molar-refractivity contribution in [2.24, 2.45) is 4.99 Å². The van der Waals surface area contributed by atoms with Gasteiger partial charge in [-0.15, -0.1) is 0 Å². The Balaban J connectivity index is 1.51. The number of nitro benzene ring substituents is 1. The molecule has 0 bridgehead atoms. The molecule has 0 spiro atoms. The molecule has 1 aliphatic heterocycles. The number of non-ortho nitro benzene ring substituents is 1. The number of rotatable bonds is 8. The maximum absolute atomic E-state index is 14.3. The summed E-state index contributed by atoms with van der Waals surface area (Å²) < 4.78 is 4.29. The molecule has 0 unspecified atom stereocenters. The number of nitrogens with zero attached hydrogens (tertiary/aromatic N) is 5. The maximum atomic E-state index is 14.3. The third kappa shape index (κ3) is 5.48. The van der Waals surface area contributed by atoms with Crippen LogP contribution >= 0.6 is 22.9 Å². The number of hydrogen-bond donors (Lipinski definition) is 0. The summed E-state index contributed by atoms with van der Waals surface area (Å²) in [6.45, 7) is 9.28. The molecule has 0 N–H and O–H groups in total. The van der Waals surface area contributed by atoms with Crippen LogP contribution in [0.1, 0.15) is 49.2 Å². The Kier molecular flexibility index (Phi) is 8.50. The molecule has 11 heteroatoms. The lowest BCUT2D eigenvalue weighted by molar-refractivity contribution is -0.384. The van der Waals surface area contributed by atoms with Crippen molar-refractivity contribution >= 4 is 51.5 Å². The molecule has 5 aromatic rings. The quantitative estimate of drug-likeness (QED) is 0.152. The van der Waals surface area contributed by atoms with Crippen LogP contribution in [0.4, 0.5) is 5.69 Å². The average Bonchev–Trinajstić information content (AvgIpc) is 3.49. The van der Waals surface area contributed by atoms with E-state index in [1.165, 1.54) is 23.5 Å². The molecule has 3 heterocycles. The molecular weight excluding hydrogens is 622 g/mol. The first-order valence-corrected chi connectivity index (χ1v) is 16.2. The summed E-state index contributed by atoms with van der Waals surface area (Å²) in [4.78, 5) is 46.0. The van der Waals surface area contributed by atoms with Crippen LogP contribution in [0.25, 0.3) is 17.0 Å². The van der Waals surface area contributed by atoms with Crippen LogP contribution < -0.4 is 14.9 Å². The summed E-state index contributed by atoms with van der Waals surface area (Å²) in [6, 6.07) is 21.1. The zero-order valence-corrected chi connectivity index (χ0v) is 27.4. The average molecular weight is 654 g/mol. The zero-order chi connectivity index (χ0) is 32.7. The van der Waals surface area contributed by atoms with Crippen LogP contribution in [0.15, 0.2) is 93.9 Å². The molecule has 1 atom stereocenters. The van der Waals surface area contributed by atoms with Crippen molar-refractivity contribution in [3.63, 3.8) is 0 Å². The van der Waals surface area contributed by atoms with Crippen molar-refractivity contribution in [1.82, 2.24) is 14.0 Å². The summed E-state index contributed by atoms with van der Waals surface area (Å²) in [6.07, 6.45) is 1.91. The number of halogens is 1. The number of carbonyl (C=O) groups is 1. The second-order valence-electron chi connectivity index (χ2n) is 11.1. The zero-order valence-electron chi connectivity index (χ0n) is 25.9. The molecule has 9 nitrogen and oxygen atoms in total. The van der Waals surface area contributed by atoms with Crippen molar-refractivity contribution in [2.45, 2.75) is 40.3 Å². The lowest BCUT2D eigenvalue weighted by Crippen LogP contribution is -2.43. The summed E-state index contributed by atoms with van der Waals surface area (Å²) in [5.41, 5.74) is 5.41. The largest absolute Gasteiger partial charge is 0.340 e. The summed E-state index contributed by atoms with van der Waals surface area (Å²) >= 11 is 7.53. The van der Waals surface area contributed by atoms with Gasteiger partial charge in [0.05, 0.1) is 26.8 Å². The van der Waals surface area contributed by atoms with E-state index in [9.17, 15) is 19.7 Å². The molecule has 46 heavy (non-hydrogen) atoms. The predicted molar refractivity (Wildman–Crippen MR) is 182 cm³/mol. The van der Waals surface area contributed by atoms with Crippen LogP contribution in [-0.2, 0) is 11.3 Å². The van der Waals surface area contributed by atoms with Crippen LogP contribution in [0.2, 0.25) is 5.02 Å². The first-order valence-electron chi connectivity index (χ1n) is 15.0. The number of amides is 1. The summed E-state index contributed by atoms with van der Waals surface area (Å²) in [5, 5.41) is 12.7.